The highest BCUT2D eigenvalue weighted by Gasteiger charge is 2.17. The minimum Gasteiger partial charge on any atom is -0.488 e. The summed E-state index contributed by atoms with van der Waals surface area (Å²) in [5.41, 5.74) is 6.25. The predicted octanol–water partition coefficient (Wildman–Crippen LogP) is 3.54. The van der Waals surface area contributed by atoms with E-state index in [1.807, 2.05) is 30.3 Å². The molecule has 1 aliphatic rings. The summed E-state index contributed by atoms with van der Waals surface area (Å²) in [6.45, 7) is 0.362. The van der Waals surface area contributed by atoms with Gasteiger partial charge in [-0.2, -0.15) is 0 Å². The average molecular weight is 367 g/mol. The number of nitrogens with one attached hydrogen (secondary N) is 3. The Morgan fingerprint density at radius 2 is 1.59 bits per heavy atom. The van der Waals surface area contributed by atoms with Gasteiger partial charge in [-0.1, -0.05) is 61.7 Å². The van der Waals surface area contributed by atoms with Crippen LogP contribution in [0.3, 0.4) is 0 Å². The molecule has 0 saturated heterocycles. The maximum absolute atomic E-state index is 12.4. The molecule has 1 fully saturated rings. The molecule has 0 atom stereocenters. The number of carbonyl (C=O) groups excluding carboxylic acids is 2. The summed E-state index contributed by atoms with van der Waals surface area (Å²) in [5, 5.41) is 2.89. The maximum atomic E-state index is 12.4. The molecule has 6 heteroatoms. The van der Waals surface area contributed by atoms with Crippen LogP contribution in [0.2, 0.25) is 0 Å². The number of hydrogen-bond acceptors (Lipinski definition) is 3. The minimum absolute atomic E-state index is 0.178. The van der Waals surface area contributed by atoms with Crippen molar-refractivity contribution in [2.75, 3.05) is 0 Å². The largest absolute Gasteiger partial charge is 0.488 e. The van der Waals surface area contributed by atoms with Gasteiger partial charge in [-0.3, -0.25) is 10.2 Å². The highest BCUT2D eigenvalue weighted by molar-refractivity contribution is 5.97. The van der Waals surface area contributed by atoms with Crippen molar-refractivity contribution in [1.82, 2.24) is 16.2 Å². The minimum atomic E-state index is -0.419. The third-order valence-electron chi connectivity index (χ3n) is 4.60. The molecule has 0 unspecified atom stereocenters. The summed E-state index contributed by atoms with van der Waals surface area (Å²) in [5.74, 6) is 0.0470. The molecule has 0 bridgehead atoms. The van der Waals surface area contributed by atoms with Crippen molar-refractivity contribution in [3.63, 3.8) is 0 Å². The summed E-state index contributed by atoms with van der Waals surface area (Å²) >= 11 is 0. The van der Waals surface area contributed by atoms with E-state index in [0.29, 0.717) is 17.9 Å². The quantitative estimate of drug-likeness (QED) is 0.707. The zero-order valence-corrected chi connectivity index (χ0v) is 15.2. The molecule has 1 aliphatic carbocycles. The molecule has 0 radical (unpaired) electrons. The van der Waals surface area contributed by atoms with Crippen LogP contribution < -0.4 is 20.9 Å². The van der Waals surface area contributed by atoms with Gasteiger partial charge in [0.25, 0.3) is 5.91 Å². The average Bonchev–Trinajstić information content (AvgIpc) is 2.72. The van der Waals surface area contributed by atoms with Crippen LogP contribution in [0.15, 0.2) is 54.6 Å². The van der Waals surface area contributed by atoms with Gasteiger partial charge in [0.2, 0.25) is 0 Å². The molecule has 3 rings (SSSR count). The van der Waals surface area contributed by atoms with E-state index in [1.54, 1.807) is 24.3 Å². The first-order valence-corrected chi connectivity index (χ1v) is 9.35. The number of amides is 3. The van der Waals surface area contributed by atoms with Crippen LogP contribution in [0, 0.1) is 0 Å². The van der Waals surface area contributed by atoms with Gasteiger partial charge in [-0.25, -0.2) is 10.2 Å². The van der Waals surface area contributed by atoms with E-state index in [2.05, 4.69) is 16.2 Å². The number of hydrazine groups is 1. The molecule has 27 heavy (non-hydrogen) atoms. The lowest BCUT2D eigenvalue weighted by atomic mass is 9.96. The van der Waals surface area contributed by atoms with E-state index in [9.17, 15) is 9.59 Å². The zero-order valence-electron chi connectivity index (χ0n) is 15.2. The van der Waals surface area contributed by atoms with Crippen LogP contribution in [0.1, 0.15) is 48.0 Å². The van der Waals surface area contributed by atoms with Crippen molar-refractivity contribution in [3.8, 4) is 5.75 Å². The summed E-state index contributed by atoms with van der Waals surface area (Å²) in [4.78, 5) is 24.4. The second-order valence-corrected chi connectivity index (χ2v) is 6.66. The van der Waals surface area contributed by atoms with Gasteiger partial charge in [0, 0.05) is 6.04 Å². The topological polar surface area (TPSA) is 79.5 Å². The van der Waals surface area contributed by atoms with E-state index in [1.165, 1.54) is 6.42 Å². The molecular formula is C21H25N3O3. The van der Waals surface area contributed by atoms with E-state index in [4.69, 9.17) is 4.74 Å². The maximum Gasteiger partial charge on any atom is 0.333 e. The normalized spacial score (nSPS) is 14.2. The Bertz CT molecular complexity index is 758. The molecule has 0 spiro atoms. The molecule has 0 aliphatic heterocycles. The van der Waals surface area contributed by atoms with E-state index in [-0.39, 0.29) is 6.04 Å². The molecule has 3 N–H and O–H groups in total. The van der Waals surface area contributed by atoms with Crippen LogP contribution in [-0.2, 0) is 6.61 Å². The third-order valence-corrected chi connectivity index (χ3v) is 4.60. The molecule has 142 valence electrons. The van der Waals surface area contributed by atoms with Crippen LogP contribution in [0.25, 0.3) is 0 Å². The Balaban J connectivity index is 1.52. The Labute approximate surface area is 159 Å². The smallest absolute Gasteiger partial charge is 0.333 e. The fraction of sp³-hybridized carbons (Fsp3) is 0.333. The van der Waals surface area contributed by atoms with Crippen LogP contribution >= 0.6 is 0 Å². The highest BCUT2D eigenvalue weighted by atomic mass is 16.5. The Kier molecular flexibility index (Phi) is 6.68. The molecule has 0 aromatic heterocycles. The number of benzene rings is 2. The van der Waals surface area contributed by atoms with Crippen LogP contribution in [-0.4, -0.2) is 18.0 Å². The van der Waals surface area contributed by atoms with Gasteiger partial charge in [-0.05, 0) is 30.5 Å². The van der Waals surface area contributed by atoms with Crippen molar-refractivity contribution in [1.29, 1.82) is 0 Å². The number of ether oxygens (including phenoxy) is 1. The van der Waals surface area contributed by atoms with Gasteiger partial charge in [0.15, 0.2) is 0 Å². The van der Waals surface area contributed by atoms with Crippen molar-refractivity contribution >= 4 is 11.9 Å². The summed E-state index contributed by atoms with van der Waals surface area (Å²) < 4.78 is 5.78. The first kappa shape index (κ1) is 18.8. The van der Waals surface area contributed by atoms with E-state index >= 15 is 0 Å². The standard InChI is InChI=1S/C21H25N3O3/c25-20(23-24-21(26)22-17-11-5-2-6-12-17)18-13-7-8-14-19(18)27-15-16-9-3-1-4-10-16/h1,3-4,7-10,13-14,17H,2,5-6,11-12,15H2,(H,23,25)(H2,22,24,26). The first-order chi connectivity index (χ1) is 13.2. The highest BCUT2D eigenvalue weighted by Crippen LogP contribution is 2.19. The summed E-state index contributed by atoms with van der Waals surface area (Å²) in [6, 6.07) is 16.5. The monoisotopic (exact) mass is 367 g/mol. The van der Waals surface area contributed by atoms with Gasteiger partial charge >= 0.3 is 6.03 Å². The fourth-order valence-corrected chi connectivity index (χ4v) is 3.16. The fourth-order valence-electron chi connectivity index (χ4n) is 3.16. The Hall–Kier alpha value is -3.02. The van der Waals surface area contributed by atoms with Gasteiger partial charge in [0.05, 0.1) is 5.56 Å². The lowest BCUT2D eigenvalue weighted by Gasteiger charge is -2.22. The van der Waals surface area contributed by atoms with Crippen molar-refractivity contribution in [2.24, 2.45) is 0 Å². The molecule has 0 heterocycles. The third kappa shape index (κ3) is 5.74. The van der Waals surface area contributed by atoms with Gasteiger partial charge in [-0.15, -0.1) is 0 Å². The predicted molar refractivity (Wildman–Crippen MR) is 103 cm³/mol. The molecule has 2 aromatic carbocycles. The van der Waals surface area contributed by atoms with Gasteiger partial charge in [0.1, 0.15) is 12.4 Å². The number of rotatable bonds is 5. The second kappa shape index (κ2) is 9.62. The van der Waals surface area contributed by atoms with Crippen molar-refractivity contribution in [2.45, 2.75) is 44.8 Å². The van der Waals surface area contributed by atoms with Crippen molar-refractivity contribution < 1.29 is 14.3 Å². The number of carbonyl (C=O) groups is 2. The van der Waals surface area contributed by atoms with E-state index < -0.39 is 11.9 Å². The molecular weight excluding hydrogens is 342 g/mol. The summed E-state index contributed by atoms with van der Waals surface area (Å²) in [7, 11) is 0. The lowest BCUT2D eigenvalue weighted by molar-refractivity contribution is 0.0931. The molecule has 3 amide bonds. The van der Waals surface area contributed by atoms with Gasteiger partial charge < -0.3 is 10.1 Å². The molecule has 6 nitrogen and oxygen atoms in total. The summed E-state index contributed by atoms with van der Waals surface area (Å²) in [6.07, 6.45) is 5.44. The number of urea groups is 1. The van der Waals surface area contributed by atoms with Crippen LogP contribution in [0.5, 0.6) is 5.75 Å². The second-order valence-electron chi connectivity index (χ2n) is 6.66. The Morgan fingerprint density at radius 1 is 0.889 bits per heavy atom. The molecule has 2 aromatic rings. The van der Waals surface area contributed by atoms with Crippen molar-refractivity contribution in [3.05, 3.63) is 65.7 Å². The van der Waals surface area contributed by atoms with E-state index in [0.717, 1.165) is 31.2 Å². The number of para-hydroxylation sites is 1. The lowest BCUT2D eigenvalue weighted by Crippen LogP contribution is -2.50. The SMILES string of the molecule is O=C(NNC(=O)c1ccccc1OCc1ccccc1)NC1CCCCC1. The van der Waals surface area contributed by atoms with Crippen LogP contribution in [0.4, 0.5) is 4.79 Å². The molecule has 1 saturated carbocycles. The number of hydrogen-bond donors (Lipinski definition) is 3. The first-order valence-electron chi connectivity index (χ1n) is 9.35. The Morgan fingerprint density at radius 3 is 2.37 bits per heavy atom. The zero-order chi connectivity index (χ0) is 18.9.